The number of hydrazone groups is 1. The van der Waals surface area contributed by atoms with Gasteiger partial charge in [-0.25, -0.2) is 0 Å². The minimum atomic E-state index is -0.212. The second kappa shape index (κ2) is 5.33. The molecule has 0 unspecified atom stereocenters. The van der Waals surface area contributed by atoms with Gasteiger partial charge in [0.05, 0.1) is 5.69 Å². The molecule has 0 aliphatic carbocycles. The summed E-state index contributed by atoms with van der Waals surface area (Å²) in [6, 6.07) is 10.8. The molecule has 0 aliphatic heterocycles. The second-order valence-electron chi connectivity index (χ2n) is 3.12. The smallest absolute Gasteiger partial charge is 0.237 e. The van der Waals surface area contributed by atoms with Crippen LogP contribution in [-0.4, -0.2) is 5.71 Å². The molecule has 0 spiro atoms. The fourth-order valence-corrected chi connectivity index (χ4v) is 1.14. The van der Waals surface area contributed by atoms with Gasteiger partial charge in [-0.2, -0.15) is 15.6 Å². The number of benzene rings is 1. The molecule has 0 bridgehead atoms. The first-order valence-corrected chi connectivity index (χ1v) is 4.58. The summed E-state index contributed by atoms with van der Waals surface area (Å²) in [5, 5.41) is 20.7. The van der Waals surface area contributed by atoms with Gasteiger partial charge in [0.25, 0.3) is 0 Å². The van der Waals surface area contributed by atoms with Crippen molar-refractivity contribution in [3.63, 3.8) is 0 Å². The Balaban J connectivity index is 3.00. The molecule has 16 heavy (non-hydrogen) atoms. The van der Waals surface area contributed by atoms with Crippen LogP contribution in [-0.2, 0) is 0 Å². The number of nitriles is 2. The lowest BCUT2D eigenvalue weighted by molar-refractivity contribution is 1.32. The Hall–Kier alpha value is -2.59. The fraction of sp³-hybridized carbons (Fsp3) is 0.0833. The molecule has 0 aromatic heterocycles. The van der Waals surface area contributed by atoms with Crippen molar-refractivity contribution in [2.75, 3.05) is 5.43 Å². The highest BCUT2D eigenvalue weighted by Crippen LogP contribution is 2.21. The van der Waals surface area contributed by atoms with Crippen LogP contribution in [0.5, 0.6) is 0 Å². The number of hydrogen-bond acceptors (Lipinski definition) is 4. The monoisotopic (exact) mass is 210 g/mol. The third-order valence-electron chi connectivity index (χ3n) is 1.89. The molecule has 0 saturated heterocycles. The van der Waals surface area contributed by atoms with Crippen LogP contribution in [0.25, 0.3) is 5.57 Å². The Labute approximate surface area is 94.1 Å². The van der Waals surface area contributed by atoms with Crippen molar-refractivity contribution in [3.05, 3.63) is 36.4 Å². The van der Waals surface area contributed by atoms with E-state index in [1.54, 1.807) is 18.2 Å². The lowest BCUT2D eigenvalue weighted by atomic mass is 10.1. The van der Waals surface area contributed by atoms with E-state index in [2.05, 4.69) is 17.1 Å². The molecule has 0 amide bonds. The highest BCUT2D eigenvalue weighted by atomic mass is 15.3. The third-order valence-corrected chi connectivity index (χ3v) is 1.89. The molecule has 1 aromatic rings. The molecule has 0 atom stereocenters. The molecule has 1 rings (SSSR count). The highest BCUT2D eigenvalue weighted by Gasteiger charge is 2.01. The van der Waals surface area contributed by atoms with Gasteiger partial charge in [0.15, 0.2) is 0 Å². The van der Waals surface area contributed by atoms with Gasteiger partial charge in [-0.3, -0.25) is 5.43 Å². The summed E-state index contributed by atoms with van der Waals surface area (Å²) in [5.41, 5.74) is 4.97. The van der Waals surface area contributed by atoms with E-state index in [0.29, 0.717) is 0 Å². The largest absolute Gasteiger partial charge is 0.276 e. The van der Waals surface area contributed by atoms with E-state index in [1.807, 2.05) is 25.1 Å². The maximum Gasteiger partial charge on any atom is 0.237 e. The van der Waals surface area contributed by atoms with E-state index < -0.39 is 0 Å². The lowest BCUT2D eigenvalue weighted by Crippen LogP contribution is -1.98. The van der Waals surface area contributed by atoms with Gasteiger partial charge in [0, 0.05) is 5.56 Å². The number of nitrogens with zero attached hydrogens (tertiary/aromatic N) is 3. The molecule has 78 valence electrons. The van der Waals surface area contributed by atoms with Gasteiger partial charge in [0.2, 0.25) is 5.71 Å². The lowest BCUT2D eigenvalue weighted by Gasteiger charge is -2.07. The Morgan fingerprint density at radius 3 is 2.50 bits per heavy atom. The first-order valence-electron chi connectivity index (χ1n) is 4.58. The van der Waals surface area contributed by atoms with Crippen LogP contribution in [0.4, 0.5) is 5.69 Å². The number of hydrogen-bond donors (Lipinski definition) is 1. The van der Waals surface area contributed by atoms with Crippen LogP contribution in [0.2, 0.25) is 0 Å². The summed E-state index contributed by atoms with van der Waals surface area (Å²) in [5.74, 6) is 0. The van der Waals surface area contributed by atoms with Crippen molar-refractivity contribution < 1.29 is 0 Å². The van der Waals surface area contributed by atoms with Crippen molar-refractivity contribution >= 4 is 17.0 Å². The maximum atomic E-state index is 8.52. The SMILES string of the molecule is C=C(C)c1ccccc1NN=C(C#N)C#N. The molecule has 0 saturated carbocycles. The molecule has 1 N–H and O–H groups in total. The first-order chi connectivity index (χ1) is 7.69. The van der Waals surface area contributed by atoms with Crippen LogP contribution in [0, 0.1) is 22.7 Å². The number of allylic oxidation sites excluding steroid dienone is 1. The predicted molar refractivity (Wildman–Crippen MR) is 63.4 cm³/mol. The Kier molecular flexibility index (Phi) is 3.83. The molecule has 4 nitrogen and oxygen atoms in total. The summed E-state index contributed by atoms with van der Waals surface area (Å²) >= 11 is 0. The minimum Gasteiger partial charge on any atom is -0.276 e. The predicted octanol–water partition coefficient (Wildman–Crippen LogP) is 2.53. The van der Waals surface area contributed by atoms with Gasteiger partial charge in [-0.1, -0.05) is 24.8 Å². The summed E-state index contributed by atoms with van der Waals surface area (Å²) in [6.07, 6.45) is 0. The van der Waals surface area contributed by atoms with Gasteiger partial charge >= 0.3 is 0 Å². The number of nitrogens with one attached hydrogen (secondary N) is 1. The van der Waals surface area contributed by atoms with Gasteiger partial charge < -0.3 is 0 Å². The molecule has 1 aromatic carbocycles. The maximum absolute atomic E-state index is 8.52. The first kappa shape index (κ1) is 11.5. The van der Waals surface area contributed by atoms with Crippen molar-refractivity contribution in [2.24, 2.45) is 5.10 Å². The zero-order valence-corrected chi connectivity index (χ0v) is 8.86. The Bertz CT molecular complexity index is 499. The van der Waals surface area contributed by atoms with Gasteiger partial charge in [-0.15, -0.1) is 0 Å². The van der Waals surface area contributed by atoms with Gasteiger partial charge in [-0.05, 0) is 18.6 Å². The molecule has 0 radical (unpaired) electrons. The average molecular weight is 210 g/mol. The summed E-state index contributed by atoms with van der Waals surface area (Å²) in [7, 11) is 0. The van der Waals surface area contributed by atoms with E-state index in [4.69, 9.17) is 10.5 Å². The fourth-order valence-electron chi connectivity index (χ4n) is 1.14. The van der Waals surface area contributed by atoms with Crippen molar-refractivity contribution in [1.29, 1.82) is 10.5 Å². The second-order valence-corrected chi connectivity index (χ2v) is 3.12. The quantitative estimate of drug-likeness (QED) is 0.615. The molecular formula is C12H10N4. The zero-order valence-electron chi connectivity index (χ0n) is 8.86. The van der Waals surface area contributed by atoms with Gasteiger partial charge in [0.1, 0.15) is 12.1 Å². The standard InChI is InChI=1S/C12H10N4/c1-9(2)11-5-3-4-6-12(11)16-15-10(7-13)8-14/h3-6,16H,1H2,2H3. The third kappa shape index (κ3) is 2.70. The van der Waals surface area contributed by atoms with E-state index in [0.717, 1.165) is 16.8 Å². The van der Waals surface area contributed by atoms with Crippen molar-refractivity contribution in [1.82, 2.24) is 0 Å². The molecule has 4 heteroatoms. The van der Waals surface area contributed by atoms with E-state index in [1.165, 1.54) is 0 Å². The number of anilines is 1. The summed E-state index contributed by atoms with van der Waals surface area (Å²) in [6.45, 7) is 5.71. The molecular weight excluding hydrogens is 200 g/mol. The van der Waals surface area contributed by atoms with E-state index in [-0.39, 0.29) is 5.71 Å². The van der Waals surface area contributed by atoms with E-state index in [9.17, 15) is 0 Å². The summed E-state index contributed by atoms with van der Waals surface area (Å²) in [4.78, 5) is 0. The number of para-hydroxylation sites is 1. The Morgan fingerprint density at radius 1 is 1.31 bits per heavy atom. The number of rotatable bonds is 3. The average Bonchev–Trinajstić information content (AvgIpc) is 2.30. The Morgan fingerprint density at radius 2 is 1.94 bits per heavy atom. The zero-order chi connectivity index (χ0) is 12.0. The van der Waals surface area contributed by atoms with Crippen LogP contribution in [0.1, 0.15) is 12.5 Å². The normalized spacial score (nSPS) is 8.44. The van der Waals surface area contributed by atoms with Crippen LogP contribution < -0.4 is 5.43 Å². The molecule has 0 aliphatic rings. The molecule has 0 fully saturated rings. The van der Waals surface area contributed by atoms with Crippen molar-refractivity contribution in [3.8, 4) is 12.1 Å². The van der Waals surface area contributed by atoms with Crippen LogP contribution in [0.15, 0.2) is 35.9 Å². The van der Waals surface area contributed by atoms with E-state index >= 15 is 0 Å². The minimum absolute atomic E-state index is 0.212. The van der Waals surface area contributed by atoms with Crippen LogP contribution in [0.3, 0.4) is 0 Å². The molecule has 0 heterocycles. The summed E-state index contributed by atoms with van der Waals surface area (Å²) < 4.78 is 0. The topological polar surface area (TPSA) is 72.0 Å². The van der Waals surface area contributed by atoms with Crippen LogP contribution >= 0.6 is 0 Å². The highest BCUT2D eigenvalue weighted by molar-refractivity contribution is 6.10. The van der Waals surface area contributed by atoms with Crippen molar-refractivity contribution in [2.45, 2.75) is 6.92 Å².